The van der Waals surface area contributed by atoms with E-state index < -0.39 is 0 Å². The van der Waals surface area contributed by atoms with Crippen LogP contribution in [-0.4, -0.2) is 0 Å². The summed E-state index contributed by atoms with van der Waals surface area (Å²) in [7, 11) is 0. The van der Waals surface area contributed by atoms with Gasteiger partial charge in [0.2, 0.25) is 0 Å². The lowest BCUT2D eigenvalue weighted by Gasteiger charge is -2.12. The second-order valence-corrected chi connectivity index (χ2v) is 6.34. The standard InChI is InChI=1S/C20H22/c1-13(2)17-9-7-15-5-6-16-8-10-18(14(3)4)12-20(16)19(15)11-17/h5-14H,1-4H3. The van der Waals surface area contributed by atoms with E-state index in [-0.39, 0.29) is 0 Å². The first-order valence-electron chi connectivity index (χ1n) is 7.52. The second kappa shape index (κ2) is 4.94. The molecule has 3 aromatic carbocycles. The van der Waals surface area contributed by atoms with E-state index in [1.165, 1.54) is 32.7 Å². The molecule has 0 aliphatic rings. The number of rotatable bonds is 2. The predicted octanol–water partition coefficient (Wildman–Crippen LogP) is 6.24. The molecule has 3 rings (SSSR count). The maximum atomic E-state index is 2.37. The Hall–Kier alpha value is -1.82. The Kier molecular flexibility index (Phi) is 3.25. The van der Waals surface area contributed by atoms with E-state index in [4.69, 9.17) is 0 Å². The van der Waals surface area contributed by atoms with E-state index in [1.54, 1.807) is 0 Å². The van der Waals surface area contributed by atoms with E-state index in [0.29, 0.717) is 11.8 Å². The summed E-state index contributed by atoms with van der Waals surface area (Å²) in [6, 6.07) is 18.2. The maximum Gasteiger partial charge on any atom is -0.0102 e. The number of fused-ring (bicyclic) bond motifs is 3. The van der Waals surface area contributed by atoms with Crippen LogP contribution in [0.5, 0.6) is 0 Å². The largest absolute Gasteiger partial charge is 0.0587 e. The third kappa shape index (κ3) is 2.20. The summed E-state index contributed by atoms with van der Waals surface area (Å²) in [5, 5.41) is 5.44. The third-order valence-electron chi connectivity index (χ3n) is 4.22. The SMILES string of the molecule is CC(C)c1ccc2ccc3ccc(C(C)C)cc3c2c1. The minimum absolute atomic E-state index is 0.572. The first kappa shape index (κ1) is 13.2. The van der Waals surface area contributed by atoms with E-state index in [2.05, 4.69) is 76.2 Å². The summed E-state index contributed by atoms with van der Waals surface area (Å²) >= 11 is 0. The minimum Gasteiger partial charge on any atom is -0.0587 e. The summed E-state index contributed by atoms with van der Waals surface area (Å²) in [5.74, 6) is 1.14. The monoisotopic (exact) mass is 262 g/mol. The average Bonchev–Trinajstić information content (AvgIpc) is 2.45. The molecule has 102 valence electrons. The van der Waals surface area contributed by atoms with Gasteiger partial charge in [-0.15, -0.1) is 0 Å². The van der Waals surface area contributed by atoms with Crippen molar-refractivity contribution < 1.29 is 0 Å². The summed E-state index contributed by atoms with van der Waals surface area (Å²) in [6.07, 6.45) is 0. The fourth-order valence-corrected chi connectivity index (χ4v) is 2.80. The van der Waals surface area contributed by atoms with Crippen molar-refractivity contribution in [3.05, 3.63) is 59.7 Å². The zero-order chi connectivity index (χ0) is 14.3. The molecule has 0 spiro atoms. The second-order valence-electron chi connectivity index (χ2n) is 6.34. The van der Waals surface area contributed by atoms with Crippen LogP contribution in [-0.2, 0) is 0 Å². The van der Waals surface area contributed by atoms with Gasteiger partial charge in [0.05, 0.1) is 0 Å². The third-order valence-corrected chi connectivity index (χ3v) is 4.22. The molecule has 0 amide bonds. The molecule has 3 aromatic rings. The molecule has 0 aromatic heterocycles. The van der Waals surface area contributed by atoms with Gasteiger partial charge in [0, 0.05) is 0 Å². The van der Waals surface area contributed by atoms with Crippen molar-refractivity contribution in [1.82, 2.24) is 0 Å². The van der Waals surface area contributed by atoms with Gasteiger partial charge in [0.1, 0.15) is 0 Å². The van der Waals surface area contributed by atoms with Gasteiger partial charge in [-0.05, 0) is 44.5 Å². The first-order chi connectivity index (χ1) is 9.56. The lowest BCUT2D eigenvalue weighted by atomic mass is 9.93. The van der Waals surface area contributed by atoms with Crippen molar-refractivity contribution in [2.75, 3.05) is 0 Å². The van der Waals surface area contributed by atoms with Crippen LogP contribution in [0.25, 0.3) is 21.5 Å². The van der Waals surface area contributed by atoms with Crippen LogP contribution in [0.4, 0.5) is 0 Å². The fraction of sp³-hybridized carbons (Fsp3) is 0.300. The smallest absolute Gasteiger partial charge is 0.0102 e. The highest BCUT2D eigenvalue weighted by Crippen LogP contribution is 2.30. The van der Waals surface area contributed by atoms with Crippen molar-refractivity contribution in [1.29, 1.82) is 0 Å². The van der Waals surface area contributed by atoms with Gasteiger partial charge in [-0.1, -0.05) is 76.2 Å². The molecule has 0 unspecified atom stereocenters. The molecule has 20 heavy (non-hydrogen) atoms. The Morgan fingerprint density at radius 1 is 0.550 bits per heavy atom. The van der Waals surface area contributed by atoms with Crippen LogP contribution in [0.2, 0.25) is 0 Å². The highest BCUT2D eigenvalue weighted by molar-refractivity contribution is 6.07. The first-order valence-corrected chi connectivity index (χ1v) is 7.52. The van der Waals surface area contributed by atoms with E-state index in [0.717, 1.165) is 0 Å². The summed E-state index contributed by atoms with van der Waals surface area (Å²) in [6.45, 7) is 9.02. The molecule has 0 bridgehead atoms. The maximum absolute atomic E-state index is 2.37. The van der Waals surface area contributed by atoms with Crippen LogP contribution < -0.4 is 0 Å². The van der Waals surface area contributed by atoms with Crippen molar-refractivity contribution >= 4 is 21.5 Å². The molecule has 0 nitrogen and oxygen atoms in total. The van der Waals surface area contributed by atoms with E-state index in [9.17, 15) is 0 Å². The normalized spacial score (nSPS) is 11.9. The highest BCUT2D eigenvalue weighted by atomic mass is 14.1. The van der Waals surface area contributed by atoms with E-state index in [1.807, 2.05) is 0 Å². The molecular formula is C20H22. The van der Waals surface area contributed by atoms with E-state index >= 15 is 0 Å². The topological polar surface area (TPSA) is 0 Å². The number of benzene rings is 3. The van der Waals surface area contributed by atoms with Crippen LogP contribution >= 0.6 is 0 Å². The summed E-state index contributed by atoms with van der Waals surface area (Å²) in [5.41, 5.74) is 2.83. The van der Waals surface area contributed by atoms with Gasteiger partial charge in [-0.3, -0.25) is 0 Å². The Labute approximate surface area is 121 Å². The van der Waals surface area contributed by atoms with Crippen LogP contribution in [0.1, 0.15) is 50.7 Å². The zero-order valence-electron chi connectivity index (χ0n) is 12.8. The molecule has 0 heterocycles. The van der Waals surface area contributed by atoms with Crippen LogP contribution in [0.15, 0.2) is 48.5 Å². The van der Waals surface area contributed by atoms with Crippen molar-refractivity contribution in [3.63, 3.8) is 0 Å². The predicted molar refractivity (Wildman–Crippen MR) is 89.6 cm³/mol. The van der Waals surface area contributed by atoms with Gasteiger partial charge < -0.3 is 0 Å². The van der Waals surface area contributed by atoms with Crippen molar-refractivity contribution in [3.8, 4) is 0 Å². The van der Waals surface area contributed by atoms with Gasteiger partial charge in [-0.25, -0.2) is 0 Å². The van der Waals surface area contributed by atoms with Crippen LogP contribution in [0, 0.1) is 0 Å². The molecule has 0 aliphatic heterocycles. The van der Waals surface area contributed by atoms with Gasteiger partial charge in [0.25, 0.3) is 0 Å². The van der Waals surface area contributed by atoms with Gasteiger partial charge in [0.15, 0.2) is 0 Å². The van der Waals surface area contributed by atoms with Crippen molar-refractivity contribution in [2.24, 2.45) is 0 Å². The molecule has 0 heteroatoms. The van der Waals surface area contributed by atoms with Crippen LogP contribution in [0.3, 0.4) is 0 Å². The molecule has 0 N–H and O–H groups in total. The van der Waals surface area contributed by atoms with Crippen molar-refractivity contribution in [2.45, 2.75) is 39.5 Å². The zero-order valence-corrected chi connectivity index (χ0v) is 12.8. The molecule has 0 atom stereocenters. The molecule has 0 fully saturated rings. The Bertz CT molecular complexity index is 697. The fourth-order valence-electron chi connectivity index (χ4n) is 2.80. The molecule has 0 aliphatic carbocycles. The summed E-state index contributed by atoms with van der Waals surface area (Å²) in [4.78, 5) is 0. The van der Waals surface area contributed by atoms with Gasteiger partial charge in [-0.2, -0.15) is 0 Å². The molecule has 0 saturated heterocycles. The number of hydrogen-bond acceptors (Lipinski definition) is 0. The Balaban J connectivity index is 2.36. The molecular weight excluding hydrogens is 240 g/mol. The summed E-state index contributed by atoms with van der Waals surface area (Å²) < 4.78 is 0. The molecule has 0 radical (unpaired) electrons. The average molecular weight is 262 g/mol. The highest BCUT2D eigenvalue weighted by Gasteiger charge is 2.06. The minimum atomic E-state index is 0.572. The van der Waals surface area contributed by atoms with Gasteiger partial charge >= 0.3 is 0 Å². The molecule has 0 saturated carbocycles. The lowest BCUT2D eigenvalue weighted by Crippen LogP contribution is -1.90. The lowest BCUT2D eigenvalue weighted by molar-refractivity contribution is 0.868. The number of hydrogen-bond donors (Lipinski definition) is 0. The quantitative estimate of drug-likeness (QED) is 0.479. The Morgan fingerprint density at radius 3 is 1.25 bits per heavy atom. The Morgan fingerprint density at radius 2 is 0.900 bits per heavy atom.